The first kappa shape index (κ1) is 21.0. The van der Waals surface area contributed by atoms with Crippen molar-refractivity contribution in [1.82, 2.24) is 14.5 Å². The molecule has 7 nitrogen and oxygen atoms in total. The molecule has 1 aliphatic heterocycles. The molecule has 1 aromatic heterocycles. The molecule has 3 aromatic rings. The number of nitrogens with two attached hydrogens (primary N) is 1. The Labute approximate surface area is 180 Å². The van der Waals surface area contributed by atoms with Gasteiger partial charge in [-0.25, -0.2) is 9.37 Å². The lowest BCUT2D eigenvalue weighted by molar-refractivity contribution is -0.136. The fourth-order valence-corrected chi connectivity index (χ4v) is 3.65. The van der Waals surface area contributed by atoms with E-state index in [0.717, 1.165) is 22.6 Å². The molecule has 0 spiro atoms. The number of anilines is 2. The normalized spacial score (nSPS) is 15.3. The molecule has 0 radical (unpaired) electrons. The SMILES string of the molecule is Cc1ccc(Nc2c(-c3ccc(F)cc3)nc3n2CCN(C(=O)[C@H](N)[C@H](C)O)C3)cc1. The number of carbonyl (C=O) groups is 1. The van der Waals surface area contributed by atoms with Crippen molar-refractivity contribution in [3.8, 4) is 11.3 Å². The molecule has 162 valence electrons. The first-order chi connectivity index (χ1) is 14.8. The minimum atomic E-state index is -0.969. The zero-order valence-corrected chi connectivity index (χ0v) is 17.5. The van der Waals surface area contributed by atoms with Crippen molar-refractivity contribution in [1.29, 1.82) is 0 Å². The van der Waals surface area contributed by atoms with Gasteiger partial charge >= 0.3 is 0 Å². The van der Waals surface area contributed by atoms with Gasteiger partial charge in [0.2, 0.25) is 5.91 Å². The van der Waals surface area contributed by atoms with Gasteiger partial charge in [0.15, 0.2) is 0 Å². The number of imidazole rings is 1. The number of aryl methyl sites for hydroxylation is 1. The Morgan fingerprint density at radius 1 is 1.16 bits per heavy atom. The minimum absolute atomic E-state index is 0.281. The number of fused-ring (bicyclic) bond motifs is 1. The number of benzene rings is 2. The summed E-state index contributed by atoms with van der Waals surface area (Å²) in [4.78, 5) is 19.0. The summed E-state index contributed by atoms with van der Waals surface area (Å²) in [5, 5.41) is 13.1. The van der Waals surface area contributed by atoms with Crippen LogP contribution in [0.5, 0.6) is 0 Å². The zero-order valence-electron chi connectivity index (χ0n) is 17.5. The number of hydrogen-bond acceptors (Lipinski definition) is 5. The Hall–Kier alpha value is -3.23. The van der Waals surface area contributed by atoms with Crippen LogP contribution in [0.3, 0.4) is 0 Å². The summed E-state index contributed by atoms with van der Waals surface area (Å²) >= 11 is 0. The van der Waals surface area contributed by atoms with E-state index >= 15 is 0 Å². The highest BCUT2D eigenvalue weighted by Crippen LogP contribution is 2.33. The van der Waals surface area contributed by atoms with E-state index in [2.05, 4.69) is 5.32 Å². The lowest BCUT2D eigenvalue weighted by Crippen LogP contribution is -2.51. The topological polar surface area (TPSA) is 96.4 Å². The van der Waals surface area contributed by atoms with E-state index < -0.39 is 12.1 Å². The molecule has 0 bridgehead atoms. The number of rotatable bonds is 5. The van der Waals surface area contributed by atoms with Crippen molar-refractivity contribution in [2.45, 2.75) is 39.1 Å². The molecule has 31 heavy (non-hydrogen) atoms. The second-order valence-corrected chi connectivity index (χ2v) is 7.90. The van der Waals surface area contributed by atoms with E-state index in [1.54, 1.807) is 17.0 Å². The molecule has 4 rings (SSSR count). The minimum Gasteiger partial charge on any atom is -0.391 e. The van der Waals surface area contributed by atoms with Crippen LogP contribution in [0, 0.1) is 12.7 Å². The third-order valence-corrected chi connectivity index (χ3v) is 5.52. The van der Waals surface area contributed by atoms with Crippen LogP contribution in [0.15, 0.2) is 48.5 Å². The molecule has 1 amide bonds. The van der Waals surface area contributed by atoms with Gasteiger partial charge in [-0.3, -0.25) is 4.79 Å². The molecule has 0 saturated heterocycles. The molecule has 1 aliphatic rings. The molecule has 0 aliphatic carbocycles. The molecule has 0 saturated carbocycles. The Balaban J connectivity index is 1.71. The number of amides is 1. The number of carbonyl (C=O) groups excluding carboxylic acids is 1. The average molecular weight is 423 g/mol. The number of aromatic nitrogens is 2. The van der Waals surface area contributed by atoms with Crippen LogP contribution < -0.4 is 11.1 Å². The molecule has 8 heteroatoms. The fraction of sp³-hybridized carbons (Fsp3) is 0.304. The predicted octanol–water partition coefficient (Wildman–Crippen LogP) is 2.79. The maximum Gasteiger partial charge on any atom is 0.242 e. The number of aliphatic hydroxyl groups excluding tert-OH is 1. The molecular formula is C23H26FN5O2. The van der Waals surface area contributed by atoms with Crippen LogP contribution in [-0.2, 0) is 17.9 Å². The monoisotopic (exact) mass is 423 g/mol. The highest BCUT2D eigenvalue weighted by Gasteiger charge is 2.30. The summed E-state index contributed by atoms with van der Waals surface area (Å²) in [6.45, 7) is 4.79. The fourth-order valence-electron chi connectivity index (χ4n) is 3.65. The van der Waals surface area contributed by atoms with Crippen LogP contribution in [0.4, 0.5) is 15.9 Å². The van der Waals surface area contributed by atoms with E-state index in [0.29, 0.717) is 24.6 Å². The van der Waals surface area contributed by atoms with Gasteiger partial charge in [-0.05, 0) is 50.2 Å². The van der Waals surface area contributed by atoms with Crippen molar-refractivity contribution in [3.05, 3.63) is 65.7 Å². The third kappa shape index (κ3) is 4.30. The molecule has 2 atom stereocenters. The number of nitrogens with one attached hydrogen (secondary N) is 1. The quantitative estimate of drug-likeness (QED) is 0.586. The number of nitrogens with zero attached hydrogens (tertiary/aromatic N) is 3. The molecule has 0 fully saturated rings. The van der Waals surface area contributed by atoms with Gasteiger partial charge in [-0.2, -0.15) is 0 Å². The van der Waals surface area contributed by atoms with Gasteiger partial charge in [-0.15, -0.1) is 0 Å². The highest BCUT2D eigenvalue weighted by molar-refractivity contribution is 5.82. The summed E-state index contributed by atoms with van der Waals surface area (Å²) in [5.41, 5.74) is 9.37. The van der Waals surface area contributed by atoms with E-state index in [-0.39, 0.29) is 18.3 Å². The molecular weight excluding hydrogens is 397 g/mol. The standard InChI is InChI=1S/C23H26FN5O2/c1-14-3-9-18(10-4-14)26-22-21(16-5-7-17(24)8-6-16)27-19-13-28(11-12-29(19)22)23(31)20(25)15(2)30/h3-10,15,20,26,30H,11-13,25H2,1-2H3/t15-,20+/m0/s1. The summed E-state index contributed by atoms with van der Waals surface area (Å²) in [5.74, 6) is 0.869. The molecule has 2 aromatic carbocycles. The lowest BCUT2D eigenvalue weighted by atomic mass is 10.1. The first-order valence-corrected chi connectivity index (χ1v) is 10.2. The van der Waals surface area contributed by atoms with Crippen molar-refractivity contribution in [3.63, 3.8) is 0 Å². The molecule has 4 N–H and O–H groups in total. The lowest BCUT2D eigenvalue weighted by Gasteiger charge is -2.31. The summed E-state index contributed by atoms with van der Waals surface area (Å²) < 4.78 is 15.5. The smallest absolute Gasteiger partial charge is 0.242 e. The molecule has 0 unspecified atom stereocenters. The highest BCUT2D eigenvalue weighted by atomic mass is 19.1. The number of halogens is 1. The van der Waals surface area contributed by atoms with Crippen LogP contribution >= 0.6 is 0 Å². The van der Waals surface area contributed by atoms with Crippen LogP contribution in [0.1, 0.15) is 18.3 Å². The Bertz CT molecular complexity index is 1080. The largest absolute Gasteiger partial charge is 0.391 e. The van der Waals surface area contributed by atoms with Crippen molar-refractivity contribution < 1.29 is 14.3 Å². The van der Waals surface area contributed by atoms with E-state index in [1.165, 1.54) is 19.1 Å². The first-order valence-electron chi connectivity index (χ1n) is 10.2. The maximum atomic E-state index is 13.5. The van der Waals surface area contributed by atoms with Crippen LogP contribution in [0.25, 0.3) is 11.3 Å². The second-order valence-electron chi connectivity index (χ2n) is 7.90. The average Bonchev–Trinajstić information content (AvgIpc) is 3.12. The summed E-state index contributed by atoms with van der Waals surface area (Å²) in [6.07, 6.45) is -0.928. The molecule has 2 heterocycles. The van der Waals surface area contributed by atoms with Crippen LogP contribution in [-0.4, -0.2) is 44.2 Å². The van der Waals surface area contributed by atoms with Crippen LogP contribution in [0.2, 0.25) is 0 Å². The maximum absolute atomic E-state index is 13.5. The van der Waals surface area contributed by atoms with E-state index in [9.17, 15) is 14.3 Å². The van der Waals surface area contributed by atoms with Gasteiger partial charge in [0.25, 0.3) is 0 Å². The number of hydrogen-bond donors (Lipinski definition) is 3. The van der Waals surface area contributed by atoms with Gasteiger partial charge < -0.3 is 25.6 Å². The van der Waals surface area contributed by atoms with E-state index in [4.69, 9.17) is 10.7 Å². The second kappa shape index (κ2) is 8.49. The summed E-state index contributed by atoms with van der Waals surface area (Å²) in [6, 6.07) is 13.2. The Morgan fingerprint density at radius 2 is 1.84 bits per heavy atom. The van der Waals surface area contributed by atoms with E-state index in [1.807, 2.05) is 35.8 Å². The predicted molar refractivity (Wildman–Crippen MR) is 117 cm³/mol. The van der Waals surface area contributed by atoms with Crippen molar-refractivity contribution >= 4 is 17.4 Å². The number of aliphatic hydroxyl groups is 1. The van der Waals surface area contributed by atoms with Crippen molar-refractivity contribution in [2.75, 3.05) is 11.9 Å². The third-order valence-electron chi connectivity index (χ3n) is 5.52. The zero-order chi connectivity index (χ0) is 22.1. The van der Waals surface area contributed by atoms with Gasteiger partial charge in [0.1, 0.15) is 29.2 Å². The Kier molecular flexibility index (Phi) is 5.75. The van der Waals surface area contributed by atoms with Gasteiger partial charge in [0, 0.05) is 24.3 Å². The van der Waals surface area contributed by atoms with Gasteiger partial charge in [-0.1, -0.05) is 17.7 Å². The summed E-state index contributed by atoms with van der Waals surface area (Å²) in [7, 11) is 0. The van der Waals surface area contributed by atoms with Crippen molar-refractivity contribution in [2.24, 2.45) is 5.73 Å². The Morgan fingerprint density at radius 3 is 2.48 bits per heavy atom. The van der Waals surface area contributed by atoms with Gasteiger partial charge in [0.05, 0.1) is 12.6 Å².